The highest BCUT2D eigenvalue weighted by atomic mass is 32.2. The number of amides is 1. The molecule has 24 heavy (non-hydrogen) atoms. The molecule has 0 unspecified atom stereocenters. The molecule has 1 amide bonds. The number of nitrogens with zero attached hydrogens (tertiary/aromatic N) is 2. The first-order valence-corrected chi connectivity index (χ1v) is 10.4. The minimum atomic E-state index is -0.293. The van der Waals surface area contributed by atoms with E-state index in [1.807, 2.05) is 37.3 Å². The molecular formula is C17H19N3OS3. The lowest BCUT2D eigenvalue weighted by atomic mass is 10.1. The molecule has 1 aromatic heterocycles. The summed E-state index contributed by atoms with van der Waals surface area (Å²) in [6.07, 6.45) is 2.16. The zero-order valence-corrected chi connectivity index (χ0v) is 15.8. The van der Waals surface area contributed by atoms with Gasteiger partial charge in [-0.05, 0) is 25.3 Å². The predicted octanol–water partition coefficient (Wildman–Crippen LogP) is 4.32. The highest BCUT2D eigenvalue weighted by molar-refractivity contribution is 8.03. The lowest BCUT2D eigenvalue weighted by Crippen LogP contribution is -2.29. The van der Waals surface area contributed by atoms with Crippen molar-refractivity contribution in [2.24, 2.45) is 0 Å². The number of carbonyl (C=O) groups is 1. The van der Waals surface area contributed by atoms with Gasteiger partial charge >= 0.3 is 0 Å². The Hall–Kier alpha value is -1.31. The summed E-state index contributed by atoms with van der Waals surface area (Å²) in [6, 6.07) is 10.2. The van der Waals surface area contributed by atoms with Gasteiger partial charge in [0.2, 0.25) is 5.91 Å². The SMILES string of the molecule is C=C(C)CSc1nnc(S[C@H](C(=O)NC2CC2)c2ccccc2)s1. The van der Waals surface area contributed by atoms with Crippen LogP contribution < -0.4 is 5.32 Å². The minimum absolute atomic E-state index is 0.0556. The molecule has 0 bridgehead atoms. The topological polar surface area (TPSA) is 54.9 Å². The van der Waals surface area contributed by atoms with E-state index in [-0.39, 0.29) is 11.2 Å². The Morgan fingerprint density at radius 3 is 2.71 bits per heavy atom. The number of hydrogen-bond donors (Lipinski definition) is 1. The first-order chi connectivity index (χ1) is 11.6. The average molecular weight is 378 g/mol. The van der Waals surface area contributed by atoms with Crippen molar-refractivity contribution in [3.8, 4) is 0 Å². The van der Waals surface area contributed by atoms with Gasteiger partial charge in [-0.3, -0.25) is 4.79 Å². The Kier molecular flexibility index (Phi) is 5.97. The first kappa shape index (κ1) is 17.5. The standard InChI is InChI=1S/C17H19N3OS3/c1-11(2)10-22-16-19-20-17(24-16)23-14(12-6-4-3-5-7-12)15(21)18-13-8-9-13/h3-7,13-14H,1,8-10H2,2H3,(H,18,21)/t14-/m0/s1. The molecule has 2 aromatic rings. The molecule has 1 saturated carbocycles. The normalized spacial score (nSPS) is 15.0. The van der Waals surface area contributed by atoms with E-state index in [0.717, 1.165) is 38.4 Å². The second-order valence-electron chi connectivity index (χ2n) is 5.77. The van der Waals surface area contributed by atoms with Crippen molar-refractivity contribution in [3.63, 3.8) is 0 Å². The number of aromatic nitrogens is 2. The van der Waals surface area contributed by atoms with Gasteiger partial charge in [-0.25, -0.2) is 0 Å². The van der Waals surface area contributed by atoms with E-state index in [0.29, 0.717) is 6.04 Å². The van der Waals surface area contributed by atoms with Gasteiger partial charge in [0.1, 0.15) is 5.25 Å². The van der Waals surface area contributed by atoms with Gasteiger partial charge in [0, 0.05) is 11.8 Å². The van der Waals surface area contributed by atoms with Crippen LogP contribution >= 0.6 is 34.9 Å². The van der Waals surface area contributed by atoms with Crippen LogP contribution in [0.1, 0.15) is 30.6 Å². The molecule has 4 nitrogen and oxygen atoms in total. The van der Waals surface area contributed by atoms with Crippen LogP contribution in [0.15, 0.2) is 51.2 Å². The third-order valence-electron chi connectivity index (χ3n) is 3.31. The van der Waals surface area contributed by atoms with Crippen LogP contribution in [-0.2, 0) is 4.79 Å². The molecule has 0 radical (unpaired) electrons. The van der Waals surface area contributed by atoms with E-state index in [1.165, 1.54) is 23.1 Å². The summed E-state index contributed by atoms with van der Waals surface area (Å²) >= 11 is 4.64. The molecule has 126 valence electrons. The smallest absolute Gasteiger partial charge is 0.238 e. The quantitative estimate of drug-likeness (QED) is 0.548. The fraction of sp³-hybridized carbons (Fsp3) is 0.353. The predicted molar refractivity (Wildman–Crippen MR) is 102 cm³/mol. The fourth-order valence-corrected chi connectivity index (χ4v) is 5.06. The maximum absolute atomic E-state index is 12.6. The first-order valence-electron chi connectivity index (χ1n) is 7.74. The van der Waals surface area contributed by atoms with Crippen molar-refractivity contribution >= 4 is 40.8 Å². The van der Waals surface area contributed by atoms with Crippen molar-refractivity contribution in [2.45, 2.75) is 39.7 Å². The molecule has 1 fully saturated rings. The molecular weight excluding hydrogens is 358 g/mol. The van der Waals surface area contributed by atoms with Crippen molar-refractivity contribution in [3.05, 3.63) is 48.0 Å². The van der Waals surface area contributed by atoms with Crippen LogP contribution in [0.3, 0.4) is 0 Å². The van der Waals surface area contributed by atoms with Crippen LogP contribution in [0.25, 0.3) is 0 Å². The lowest BCUT2D eigenvalue weighted by Gasteiger charge is -2.15. The third-order valence-corrected chi connectivity index (χ3v) is 6.94. The number of hydrogen-bond acceptors (Lipinski definition) is 6. The number of thioether (sulfide) groups is 2. The van der Waals surface area contributed by atoms with Gasteiger partial charge in [0.15, 0.2) is 8.68 Å². The summed E-state index contributed by atoms with van der Waals surface area (Å²) in [6.45, 7) is 5.90. The Morgan fingerprint density at radius 2 is 2.04 bits per heavy atom. The van der Waals surface area contributed by atoms with Crippen molar-refractivity contribution in [1.29, 1.82) is 0 Å². The Morgan fingerprint density at radius 1 is 1.33 bits per heavy atom. The molecule has 1 aromatic carbocycles. The van der Waals surface area contributed by atoms with Crippen LogP contribution in [0.2, 0.25) is 0 Å². The second kappa shape index (κ2) is 8.18. The summed E-state index contributed by atoms with van der Waals surface area (Å²) in [5.41, 5.74) is 2.10. The average Bonchev–Trinajstić information content (AvgIpc) is 3.27. The number of rotatable bonds is 8. The minimum Gasteiger partial charge on any atom is -0.352 e. The molecule has 0 spiro atoms. The van der Waals surface area contributed by atoms with Crippen LogP contribution in [0.5, 0.6) is 0 Å². The zero-order valence-electron chi connectivity index (χ0n) is 13.4. The molecule has 1 N–H and O–H groups in total. The third kappa shape index (κ3) is 5.09. The Balaban J connectivity index is 1.71. The van der Waals surface area contributed by atoms with Gasteiger partial charge in [-0.2, -0.15) is 0 Å². The highest BCUT2D eigenvalue weighted by Gasteiger charge is 2.29. The van der Waals surface area contributed by atoms with Crippen molar-refractivity contribution < 1.29 is 4.79 Å². The number of benzene rings is 1. The van der Waals surface area contributed by atoms with Crippen LogP contribution in [-0.4, -0.2) is 27.9 Å². The van der Waals surface area contributed by atoms with Gasteiger partial charge in [0.05, 0.1) is 0 Å². The fourth-order valence-electron chi connectivity index (χ4n) is 1.99. The molecule has 0 aliphatic heterocycles. The molecule has 1 heterocycles. The summed E-state index contributed by atoms with van der Waals surface area (Å²) in [5.74, 6) is 0.892. The van der Waals surface area contributed by atoms with E-state index in [9.17, 15) is 4.79 Å². The number of carbonyl (C=O) groups excluding carboxylic acids is 1. The maximum atomic E-state index is 12.6. The second-order valence-corrected chi connectivity index (χ2v) is 9.32. The summed E-state index contributed by atoms with van der Waals surface area (Å²) in [5, 5.41) is 11.2. The summed E-state index contributed by atoms with van der Waals surface area (Å²) in [7, 11) is 0. The van der Waals surface area contributed by atoms with E-state index < -0.39 is 0 Å². The monoisotopic (exact) mass is 377 g/mol. The Bertz CT molecular complexity index is 713. The van der Waals surface area contributed by atoms with E-state index >= 15 is 0 Å². The van der Waals surface area contributed by atoms with Gasteiger partial charge in [-0.15, -0.1) is 10.2 Å². The molecule has 0 saturated heterocycles. The van der Waals surface area contributed by atoms with Gasteiger partial charge < -0.3 is 5.32 Å². The van der Waals surface area contributed by atoms with Crippen LogP contribution in [0.4, 0.5) is 0 Å². The molecule has 1 atom stereocenters. The van der Waals surface area contributed by atoms with Crippen molar-refractivity contribution in [2.75, 3.05) is 5.75 Å². The molecule has 7 heteroatoms. The molecule has 1 aliphatic rings. The zero-order chi connectivity index (χ0) is 16.9. The molecule has 3 rings (SSSR count). The van der Waals surface area contributed by atoms with Gasteiger partial charge in [0.25, 0.3) is 0 Å². The Labute approximate surface area is 154 Å². The van der Waals surface area contributed by atoms with E-state index in [2.05, 4.69) is 22.1 Å². The van der Waals surface area contributed by atoms with Gasteiger partial charge in [-0.1, -0.05) is 77.3 Å². The summed E-state index contributed by atoms with van der Waals surface area (Å²) < 4.78 is 1.73. The van der Waals surface area contributed by atoms with E-state index in [4.69, 9.17) is 0 Å². The lowest BCUT2D eigenvalue weighted by molar-refractivity contribution is -0.120. The van der Waals surface area contributed by atoms with Crippen LogP contribution in [0, 0.1) is 0 Å². The molecule has 1 aliphatic carbocycles. The maximum Gasteiger partial charge on any atom is 0.238 e. The summed E-state index contributed by atoms with van der Waals surface area (Å²) in [4.78, 5) is 12.6. The highest BCUT2D eigenvalue weighted by Crippen LogP contribution is 2.39. The van der Waals surface area contributed by atoms with E-state index in [1.54, 1.807) is 11.8 Å². The largest absolute Gasteiger partial charge is 0.352 e. The van der Waals surface area contributed by atoms with Crippen molar-refractivity contribution in [1.82, 2.24) is 15.5 Å². The number of nitrogens with one attached hydrogen (secondary N) is 1.